The molecule has 130 heavy (non-hydrogen) atoms. The van der Waals surface area contributed by atoms with Crippen LogP contribution in [0.1, 0.15) is 331 Å². The molecule has 3 aliphatic heterocycles. The number of aliphatic hydroxyl groups is 1. The van der Waals surface area contributed by atoms with Gasteiger partial charge in [0.05, 0.1) is 24.2 Å². The number of carbonyl (C=O) groups excluding carboxylic acids is 10. The molecule has 6 amide bonds. The molecule has 15 atom stereocenters. The summed E-state index contributed by atoms with van der Waals surface area (Å²) in [7, 11) is 3.54. The highest BCUT2D eigenvalue weighted by Gasteiger charge is 2.45. The third-order valence-electron chi connectivity index (χ3n) is 25.4. The molecule has 3 unspecified atom stereocenters. The summed E-state index contributed by atoms with van der Waals surface area (Å²) in [5.74, 6) is -8.13. The third-order valence-corrected chi connectivity index (χ3v) is 32.9. The average Bonchev–Trinajstić information content (AvgIpc) is 1.54. The van der Waals surface area contributed by atoms with Gasteiger partial charge >= 0.3 is 41.8 Å². The minimum absolute atomic E-state index is 0.0369. The van der Waals surface area contributed by atoms with Gasteiger partial charge in [0.25, 0.3) is 0 Å². The van der Waals surface area contributed by atoms with Crippen molar-refractivity contribution in [2.75, 3.05) is 61.0 Å². The summed E-state index contributed by atoms with van der Waals surface area (Å²) in [6.07, 6.45) is 10.2. The van der Waals surface area contributed by atoms with Crippen molar-refractivity contribution in [2.24, 2.45) is 35.5 Å². The number of amides is 6. The zero-order valence-electron chi connectivity index (χ0n) is 81.2. The first-order valence-corrected chi connectivity index (χ1v) is 52.1. The maximum Gasteiger partial charge on any atom is 0.355 e. The first-order chi connectivity index (χ1) is 61.5. The summed E-state index contributed by atoms with van der Waals surface area (Å²) in [6.45, 7) is 38.0. The monoisotopic (exact) mass is 1900 g/mol. The second kappa shape index (κ2) is 57.6. The number of aromatic nitrogens is 3. The smallest absolute Gasteiger partial charge is 0.355 e. The van der Waals surface area contributed by atoms with Gasteiger partial charge < -0.3 is 74.4 Å². The van der Waals surface area contributed by atoms with E-state index in [0.717, 1.165) is 112 Å². The van der Waals surface area contributed by atoms with Gasteiger partial charge in [-0.15, -0.1) is 34.0 Å². The Balaban J connectivity index is 0.000000410. The number of carboxylic acids is 3. The molecule has 38 heteroatoms. The lowest BCUT2D eigenvalue weighted by Gasteiger charge is -2.41. The van der Waals surface area contributed by atoms with Crippen molar-refractivity contribution in [1.82, 2.24) is 60.3 Å². The van der Waals surface area contributed by atoms with Gasteiger partial charge in [-0.1, -0.05) is 163 Å². The molecule has 3 saturated heterocycles. The molecule has 736 valence electrons. The number of aliphatic hydroxyl groups excluding tert-OH is 1. The minimum Gasteiger partial charge on any atom is -0.476 e. The molecule has 0 bridgehead atoms. The van der Waals surface area contributed by atoms with E-state index in [0.29, 0.717) is 56.4 Å². The van der Waals surface area contributed by atoms with E-state index < -0.39 is 111 Å². The van der Waals surface area contributed by atoms with Gasteiger partial charge in [0.15, 0.2) is 51.7 Å². The van der Waals surface area contributed by atoms with Crippen LogP contribution in [-0.4, -0.2) is 266 Å². The highest BCUT2D eigenvalue weighted by atomic mass is 32.1. The van der Waals surface area contributed by atoms with Gasteiger partial charge in [-0.05, 0) is 159 Å². The summed E-state index contributed by atoms with van der Waals surface area (Å²) in [6, 6.07) is -2.54. The molecular weight excluding hydrogens is 1750 g/mol. The fourth-order valence-electron chi connectivity index (χ4n) is 16.3. The summed E-state index contributed by atoms with van der Waals surface area (Å²) in [5, 5.41) is 53.7. The highest BCUT2D eigenvalue weighted by molar-refractivity contribution is 7.10. The SMILES string of the molecule is CCCC(=O)OCN(C(=O)[C@@H](NC(=O)[C@H]1CCCCN1C)C(C)CC)[C@H](C[C@@H](O)c1nc(C(=O)O)cs1)C(C)C.CCCC(=O)OCN(C(=O)[C@@H](NC(=O)[C@H]1CCCCN1C)C(C)CC)[C@H](C[C@@H](OC(C)=O)c1nc(C(=O)O)cs1)C(C)C.CCCC(=O)OCN(C(=O)[C@@H](NC(=O)[C@H]1CCCCN1C)C(C)CC)[C@H](C[C@@H](O[Si](CC)(CC)CC)c1nc(C(=O)O)cs1)C(C)C. The van der Waals surface area contributed by atoms with Crippen LogP contribution in [0.5, 0.6) is 0 Å². The fraction of sp³-hybridized carbons (Fsp3) is 0.761. The van der Waals surface area contributed by atoms with Gasteiger partial charge in [-0.2, -0.15) is 0 Å². The standard InChI is InChI=1S/C34H60N4O7SSi.C30H48N4O8S.C28H46N4O7S/c1-10-17-29(39)44-22-38(33(41)30(24(8)11-2)36-31(40)26-18-15-16-19-37(26)9)27(23(6)7)20-28(45-47(12-3,13-4)14-5)32-35-25(21-46-32)34(42)43;1-8-12-25(36)41-17-34(29(38)26(19(5)9-2)32-27(37)22-13-10-11-14-33(22)7)23(18(3)4)15-24(42-20(6)35)28-31-21(16-43-28)30(39)40;1-7-11-23(34)39-16-32(21(17(3)4)14-22(33)26-29-19(15-40-26)28(37)38)27(36)24(18(5)8-2)30-25(35)20-12-9-10-13-31(20)6/h21,23-24,26-28,30H,10-20,22H2,1-9H3,(H,36,40)(H,42,43);16,18-19,22-24,26H,8-15,17H2,1-7H3,(H,32,37)(H,39,40);15,17-18,20-22,24,33H,7-14,16H2,1-6H3,(H,30,35)(H,37,38)/t24?,26-,27-,28-,30+;19?,22-,23-,24-,26+;18?,20-,21-,22-,24+/m111/s1. The zero-order valence-corrected chi connectivity index (χ0v) is 84.7. The normalized spacial score (nSPS) is 18.5. The molecule has 3 aliphatic rings. The number of hydrogen-bond acceptors (Lipinski definition) is 28. The number of thiazole rings is 3. The molecule has 0 saturated carbocycles. The Labute approximate surface area is 783 Å². The zero-order chi connectivity index (χ0) is 97.6. The van der Waals surface area contributed by atoms with E-state index in [1.54, 1.807) is 4.90 Å². The van der Waals surface area contributed by atoms with Crippen molar-refractivity contribution in [2.45, 2.75) is 357 Å². The molecule has 7 N–H and O–H groups in total. The second-order valence-corrected chi connectivity index (χ2v) is 43.3. The van der Waals surface area contributed by atoms with Crippen LogP contribution >= 0.6 is 34.0 Å². The van der Waals surface area contributed by atoms with Crippen molar-refractivity contribution in [3.63, 3.8) is 0 Å². The van der Waals surface area contributed by atoms with Crippen LogP contribution in [0.2, 0.25) is 18.1 Å². The van der Waals surface area contributed by atoms with E-state index in [4.69, 9.17) is 23.4 Å². The van der Waals surface area contributed by atoms with E-state index in [2.05, 4.69) is 51.7 Å². The summed E-state index contributed by atoms with van der Waals surface area (Å²) >= 11 is 3.33. The molecule has 3 aromatic rings. The molecule has 3 aromatic heterocycles. The Morgan fingerprint density at radius 3 is 0.985 bits per heavy atom. The van der Waals surface area contributed by atoms with E-state index in [9.17, 15) is 82.8 Å². The van der Waals surface area contributed by atoms with Crippen LogP contribution < -0.4 is 16.0 Å². The number of aromatic carboxylic acids is 3. The molecule has 0 spiro atoms. The number of carboxylic acid groups (broad SMARTS) is 3. The van der Waals surface area contributed by atoms with Gasteiger partial charge in [0.2, 0.25) is 35.4 Å². The van der Waals surface area contributed by atoms with E-state index in [-0.39, 0.29) is 163 Å². The lowest BCUT2D eigenvalue weighted by Crippen LogP contribution is -2.59. The van der Waals surface area contributed by atoms with Crippen LogP contribution in [0.15, 0.2) is 16.1 Å². The Bertz CT molecular complexity index is 4060. The maximum atomic E-state index is 14.7. The molecular formula is C92H154N12O22S3Si. The van der Waals surface area contributed by atoms with Gasteiger partial charge in [0, 0.05) is 73.3 Å². The first kappa shape index (κ1) is 114. The number of likely N-dealkylation sites (N-methyl/N-ethyl adjacent to an activating group) is 3. The largest absolute Gasteiger partial charge is 0.476 e. The van der Waals surface area contributed by atoms with Crippen molar-refractivity contribution >= 4 is 120 Å². The van der Waals surface area contributed by atoms with Gasteiger partial charge in [-0.3, -0.25) is 62.6 Å². The molecule has 0 aliphatic carbocycles. The number of carbonyl (C=O) groups is 13. The predicted molar refractivity (Wildman–Crippen MR) is 501 cm³/mol. The summed E-state index contributed by atoms with van der Waals surface area (Å²) < 4.78 is 29.3. The third kappa shape index (κ3) is 35.1. The Morgan fingerprint density at radius 2 is 0.723 bits per heavy atom. The number of ether oxygens (including phenoxy) is 4. The Kier molecular flexibility index (Phi) is 50.6. The van der Waals surface area contributed by atoms with Crippen LogP contribution in [-0.2, 0) is 71.3 Å². The van der Waals surface area contributed by atoms with Crippen molar-refractivity contribution in [3.05, 3.63) is 48.2 Å². The number of esters is 4. The fourth-order valence-corrected chi connectivity index (χ4v) is 21.7. The second-order valence-electron chi connectivity index (χ2n) is 35.9. The molecule has 0 aromatic carbocycles. The lowest BCUT2D eigenvalue weighted by molar-refractivity contribution is -0.161. The number of hydrogen-bond donors (Lipinski definition) is 7. The van der Waals surface area contributed by atoms with E-state index >= 15 is 0 Å². The quantitative estimate of drug-likeness (QED) is 0.0119. The topological polar surface area (TPSA) is 443 Å². The van der Waals surface area contributed by atoms with Crippen molar-refractivity contribution in [3.8, 4) is 0 Å². The number of piperidine rings is 3. The maximum absolute atomic E-state index is 14.7. The number of nitrogens with zero attached hydrogens (tertiary/aromatic N) is 9. The first-order valence-electron chi connectivity index (χ1n) is 47.0. The number of likely N-dealkylation sites (tertiary alicyclic amines) is 3. The molecule has 6 heterocycles. The molecule has 34 nitrogen and oxygen atoms in total. The Hall–Kier alpha value is -7.98. The molecule has 3 fully saturated rings. The predicted octanol–water partition coefficient (Wildman–Crippen LogP) is 13.9. The van der Waals surface area contributed by atoms with E-state index in [1.165, 1.54) is 44.2 Å². The highest BCUT2D eigenvalue weighted by Crippen LogP contribution is 2.39. The average molecular weight is 1900 g/mol. The van der Waals surface area contributed by atoms with E-state index in [1.807, 2.05) is 140 Å². The Morgan fingerprint density at radius 1 is 0.438 bits per heavy atom. The van der Waals surface area contributed by atoms with Crippen LogP contribution in [0, 0.1) is 35.5 Å². The summed E-state index contributed by atoms with van der Waals surface area (Å²) in [5.41, 5.74) is -0.370. The van der Waals surface area contributed by atoms with Crippen LogP contribution in [0.25, 0.3) is 0 Å². The van der Waals surface area contributed by atoms with Gasteiger partial charge in [0.1, 0.15) is 39.3 Å². The van der Waals surface area contributed by atoms with Crippen LogP contribution in [0.3, 0.4) is 0 Å². The van der Waals surface area contributed by atoms with Crippen molar-refractivity contribution in [1.29, 1.82) is 0 Å². The number of rotatable bonds is 51. The van der Waals surface area contributed by atoms with Crippen molar-refractivity contribution < 1.29 is 106 Å². The van der Waals surface area contributed by atoms with Crippen LogP contribution in [0.4, 0.5) is 0 Å². The molecule has 6 rings (SSSR count). The number of nitrogens with one attached hydrogen (secondary N) is 3. The van der Waals surface area contributed by atoms with Gasteiger partial charge in [-0.25, -0.2) is 29.3 Å². The molecule has 0 radical (unpaired) electrons. The summed E-state index contributed by atoms with van der Waals surface area (Å²) in [4.78, 5) is 191. The lowest BCUT2D eigenvalue weighted by atomic mass is 9.92. The minimum atomic E-state index is -2.22.